The second-order valence-corrected chi connectivity index (χ2v) is 4.48. The quantitative estimate of drug-likeness (QED) is 0.803. The van der Waals surface area contributed by atoms with E-state index in [0.29, 0.717) is 10.7 Å². The first-order valence-electron chi connectivity index (χ1n) is 5.88. The van der Waals surface area contributed by atoms with Crippen LogP contribution in [-0.4, -0.2) is 15.7 Å². The van der Waals surface area contributed by atoms with Crippen LogP contribution in [0.25, 0.3) is 5.69 Å². The van der Waals surface area contributed by atoms with Crippen molar-refractivity contribution in [1.82, 2.24) is 9.78 Å². The van der Waals surface area contributed by atoms with E-state index in [1.165, 1.54) is 6.26 Å². The summed E-state index contributed by atoms with van der Waals surface area (Å²) in [7, 11) is 0. The molecule has 1 amide bonds. The van der Waals surface area contributed by atoms with Crippen LogP contribution in [-0.2, 0) is 0 Å². The summed E-state index contributed by atoms with van der Waals surface area (Å²) in [5.74, 6) is -0.109. The fourth-order valence-electron chi connectivity index (χ4n) is 1.81. The highest BCUT2D eigenvalue weighted by molar-refractivity contribution is 6.31. The molecule has 0 bridgehead atoms. The number of nitrogens with one attached hydrogen (secondary N) is 1. The molecule has 0 aliphatic heterocycles. The molecule has 6 heteroatoms. The minimum atomic E-state index is -0.342. The highest BCUT2D eigenvalue weighted by Gasteiger charge is 2.13. The molecule has 5 nitrogen and oxygen atoms in total. The van der Waals surface area contributed by atoms with Crippen molar-refractivity contribution >= 4 is 23.2 Å². The number of carbonyl (C=O) groups excluding carboxylic acids is 1. The minimum Gasteiger partial charge on any atom is -0.459 e. The molecule has 0 saturated carbocycles. The molecular weight excluding hydrogens is 278 g/mol. The lowest BCUT2D eigenvalue weighted by Gasteiger charge is -2.10. The molecule has 3 rings (SSSR count). The van der Waals surface area contributed by atoms with Gasteiger partial charge in [-0.2, -0.15) is 5.10 Å². The van der Waals surface area contributed by atoms with Crippen molar-refractivity contribution in [3.8, 4) is 5.69 Å². The Morgan fingerprint density at radius 3 is 2.90 bits per heavy atom. The average molecular weight is 288 g/mol. The van der Waals surface area contributed by atoms with Gasteiger partial charge in [0.05, 0.1) is 17.6 Å². The molecule has 100 valence electrons. The zero-order valence-electron chi connectivity index (χ0n) is 10.3. The van der Waals surface area contributed by atoms with E-state index in [0.717, 1.165) is 5.69 Å². The number of hydrogen-bond acceptors (Lipinski definition) is 3. The summed E-state index contributed by atoms with van der Waals surface area (Å²) in [6.45, 7) is 0. The molecule has 2 aromatic heterocycles. The molecule has 0 saturated heterocycles. The lowest BCUT2D eigenvalue weighted by Crippen LogP contribution is -2.13. The van der Waals surface area contributed by atoms with Crippen molar-refractivity contribution in [2.45, 2.75) is 0 Å². The monoisotopic (exact) mass is 287 g/mol. The number of halogens is 1. The Kier molecular flexibility index (Phi) is 3.26. The summed E-state index contributed by atoms with van der Waals surface area (Å²) in [6, 6.07) is 10.2. The zero-order valence-corrected chi connectivity index (χ0v) is 11.0. The van der Waals surface area contributed by atoms with Crippen molar-refractivity contribution in [2.75, 3.05) is 5.32 Å². The van der Waals surface area contributed by atoms with Crippen LogP contribution < -0.4 is 5.32 Å². The predicted octanol–water partition coefficient (Wildman–Crippen LogP) is 3.37. The Hall–Kier alpha value is -2.53. The smallest absolute Gasteiger partial charge is 0.291 e. The molecule has 20 heavy (non-hydrogen) atoms. The van der Waals surface area contributed by atoms with Gasteiger partial charge < -0.3 is 9.73 Å². The van der Waals surface area contributed by atoms with E-state index in [2.05, 4.69) is 10.4 Å². The Morgan fingerprint density at radius 1 is 1.30 bits per heavy atom. The Bertz CT molecular complexity index is 721. The van der Waals surface area contributed by atoms with Crippen LogP contribution in [0, 0.1) is 0 Å². The van der Waals surface area contributed by atoms with Crippen LogP contribution in [0.3, 0.4) is 0 Å². The zero-order chi connectivity index (χ0) is 13.9. The fourth-order valence-corrected chi connectivity index (χ4v) is 1.98. The van der Waals surface area contributed by atoms with Crippen LogP contribution in [0.5, 0.6) is 0 Å². The summed E-state index contributed by atoms with van der Waals surface area (Å²) in [5.41, 5.74) is 1.28. The molecule has 2 heterocycles. The number of carbonyl (C=O) groups is 1. The van der Waals surface area contributed by atoms with E-state index in [1.807, 2.05) is 0 Å². The average Bonchev–Trinajstić information content (AvgIpc) is 3.12. The highest BCUT2D eigenvalue weighted by Crippen LogP contribution is 2.24. The van der Waals surface area contributed by atoms with Crippen LogP contribution >= 0.6 is 11.6 Å². The largest absolute Gasteiger partial charge is 0.459 e. The van der Waals surface area contributed by atoms with Gasteiger partial charge in [-0.3, -0.25) is 4.79 Å². The van der Waals surface area contributed by atoms with Gasteiger partial charge in [-0.05, 0) is 36.4 Å². The highest BCUT2D eigenvalue weighted by atomic mass is 35.5. The number of nitrogens with zero attached hydrogens (tertiary/aromatic N) is 2. The van der Waals surface area contributed by atoms with E-state index in [9.17, 15) is 4.79 Å². The lowest BCUT2D eigenvalue weighted by molar-refractivity contribution is 0.0996. The van der Waals surface area contributed by atoms with E-state index in [4.69, 9.17) is 16.0 Å². The first kappa shape index (κ1) is 12.5. The van der Waals surface area contributed by atoms with Crippen molar-refractivity contribution in [2.24, 2.45) is 0 Å². The summed E-state index contributed by atoms with van der Waals surface area (Å²) in [4.78, 5) is 12.0. The molecule has 3 aromatic rings. The third-order valence-electron chi connectivity index (χ3n) is 2.70. The first-order valence-corrected chi connectivity index (χ1v) is 6.26. The number of amides is 1. The van der Waals surface area contributed by atoms with Gasteiger partial charge in [-0.1, -0.05) is 11.6 Å². The van der Waals surface area contributed by atoms with Crippen molar-refractivity contribution < 1.29 is 9.21 Å². The molecule has 0 atom stereocenters. The summed E-state index contributed by atoms with van der Waals surface area (Å²) >= 11 is 5.98. The van der Waals surface area contributed by atoms with Gasteiger partial charge in [0.15, 0.2) is 5.76 Å². The van der Waals surface area contributed by atoms with Crippen molar-refractivity contribution in [3.05, 3.63) is 65.8 Å². The topological polar surface area (TPSA) is 60.1 Å². The van der Waals surface area contributed by atoms with E-state index < -0.39 is 0 Å². The Balaban J connectivity index is 1.96. The molecule has 1 aromatic carbocycles. The molecule has 0 fully saturated rings. The molecule has 0 unspecified atom stereocenters. The summed E-state index contributed by atoms with van der Waals surface area (Å²) in [5, 5.41) is 7.43. The van der Waals surface area contributed by atoms with Crippen LogP contribution in [0.1, 0.15) is 10.6 Å². The van der Waals surface area contributed by atoms with E-state index in [1.54, 1.807) is 53.5 Å². The van der Waals surface area contributed by atoms with Gasteiger partial charge in [0.1, 0.15) is 0 Å². The lowest BCUT2D eigenvalue weighted by atomic mass is 10.2. The van der Waals surface area contributed by atoms with Gasteiger partial charge in [0, 0.05) is 17.4 Å². The molecule has 0 radical (unpaired) electrons. The van der Waals surface area contributed by atoms with Crippen molar-refractivity contribution in [3.63, 3.8) is 0 Å². The fraction of sp³-hybridized carbons (Fsp3) is 0. The second-order valence-electron chi connectivity index (χ2n) is 4.04. The number of anilines is 1. The van der Waals surface area contributed by atoms with Gasteiger partial charge in [-0.15, -0.1) is 0 Å². The van der Waals surface area contributed by atoms with Crippen molar-refractivity contribution in [1.29, 1.82) is 0 Å². The van der Waals surface area contributed by atoms with Gasteiger partial charge >= 0.3 is 0 Å². The second kappa shape index (κ2) is 5.22. The van der Waals surface area contributed by atoms with Gasteiger partial charge in [-0.25, -0.2) is 4.68 Å². The van der Waals surface area contributed by atoms with Crippen LogP contribution in [0.4, 0.5) is 5.69 Å². The number of furan rings is 1. The molecule has 0 spiro atoms. The summed E-state index contributed by atoms with van der Waals surface area (Å²) < 4.78 is 6.71. The molecule has 0 aliphatic carbocycles. The maximum atomic E-state index is 12.0. The first-order chi connectivity index (χ1) is 9.74. The van der Waals surface area contributed by atoms with Crippen LogP contribution in [0.2, 0.25) is 5.02 Å². The number of hydrogen-bond donors (Lipinski definition) is 1. The maximum absolute atomic E-state index is 12.0. The minimum absolute atomic E-state index is 0.233. The third-order valence-corrected chi connectivity index (χ3v) is 2.94. The van der Waals surface area contributed by atoms with Gasteiger partial charge in [0.25, 0.3) is 5.91 Å². The molecule has 0 aliphatic rings. The SMILES string of the molecule is O=C(Nc1cc(Cl)ccc1-n1cccn1)c1ccco1. The molecular formula is C14H10ClN3O2. The number of rotatable bonds is 3. The standard InChI is InChI=1S/C14H10ClN3O2/c15-10-4-5-12(18-7-2-6-16-18)11(9-10)17-14(19)13-3-1-8-20-13/h1-9H,(H,17,19). The Labute approximate surface area is 119 Å². The summed E-state index contributed by atoms with van der Waals surface area (Å²) in [6.07, 6.45) is 4.89. The maximum Gasteiger partial charge on any atom is 0.291 e. The van der Waals surface area contributed by atoms with Gasteiger partial charge in [0.2, 0.25) is 0 Å². The number of aromatic nitrogens is 2. The third kappa shape index (κ3) is 2.44. The Morgan fingerprint density at radius 2 is 2.20 bits per heavy atom. The van der Waals surface area contributed by atoms with Crippen LogP contribution in [0.15, 0.2) is 59.5 Å². The normalized spacial score (nSPS) is 10.4. The predicted molar refractivity (Wildman–Crippen MR) is 75.2 cm³/mol. The van der Waals surface area contributed by atoms with E-state index >= 15 is 0 Å². The molecule has 1 N–H and O–H groups in total. The van der Waals surface area contributed by atoms with E-state index in [-0.39, 0.29) is 11.7 Å². The number of benzene rings is 1.